The van der Waals surface area contributed by atoms with E-state index in [-0.39, 0.29) is 5.97 Å². The molecule has 0 atom stereocenters. The molecule has 1 fully saturated rings. The van der Waals surface area contributed by atoms with E-state index in [9.17, 15) is 4.79 Å². The molecule has 1 saturated heterocycles. The lowest BCUT2D eigenvalue weighted by atomic mass is 10.4. The van der Waals surface area contributed by atoms with Crippen LogP contribution in [0.3, 0.4) is 0 Å². The van der Waals surface area contributed by atoms with Crippen LogP contribution in [0.25, 0.3) is 0 Å². The molecule has 3 heteroatoms. The van der Waals surface area contributed by atoms with E-state index in [1.54, 1.807) is 0 Å². The lowest BCUT2D eigenvalue weighted by Gasteiger charge is -2.29. The summed E-state index contributed by atoms with van der Waals surface area (Å²) in [5.74, 6) is -0.148. The van der Waals surface area contributed by atoms with Crippen LogP contribution in [0.5, 0.6) is 0 Å². The lowest BCUT2D eigenvalue weighted by Crippen LogP contribution is -2.46. The predicted molar refractivity (Wildman–Crippen MR) is 46.2 cm³/mol. The van der Waals surface area contributed by atoms with Crippen molar-refractivity contribution in [2.24, 2.45) is 0 Å². The summed E-state index contributed by atoms with van der Waals surface area (Å²) in [6.07, 6.45) is 3.45. The summed E-state index contributed by atoms with van der Waals surface area (Å²) >= 11 is 0. The molecule has 0 spiro atoms. The fourth-order valence-corrected chi connectivity index (χ4v) is 1.95. The standard InChI is InChI=1S/C9H18NO2/c1-3-6-10(12-9(2)11)7-4-5-8-10/h3-8H2,1-2H3/q+1. The fourth-order valence-electron chi connectivity index (χ4n) is 1.95. The molecule has 1 aliphatic rings. The highest BCUT2D eigenvalue weighted by Gasteiger charge is 2.35. The van der Waals surface area contributed by atoms with Gasteiger partial charge in [0.25, 0.3) is 0 Å². The van der Waals surface area contributed by atoms with Gasteiger partial charge < -0.3 is 0 Å². The van der Waals surface area contributed by atoms with Gasteiger partial charge in [-0.25, -0.2) is 4.79 Å². The molecule has 0 aromatic heterocycles. The van der Waals surface area contributed by atoms with E-state index in [4.69, 9.17) is 4.84 Å². The van der Waals surface area contributed by atoms with Gasteiger partial charge in [-0.15, -0.1) is 4.65 Å². The zero-order chi connectivity index (χ0) is 9.03. The smallest absolute Gasteiger partial charge is 0.277 e. The van der Waals surface area contributed by atoms with Crippen LogP contribution in [0.2, 0.25) is 0 Å². The first-order valence-electron chi connectivity index (χ1n) is 4.75. The van der Waals surface area contributed by atoms with Gasteiger partial charge in [0.1, 0.15) is 19.6 Å². The molecule has 0 bridgehead atoms. The van der Waals surface area contributed by atoms with E-state index < -0.39 is 0 Å². The summed E-state index contributed by atoms with van der Waals surface area (Å²) < 4.78 is 0.575. The van der Waals surface area contributed by atoms with Gasteiger partial charge in [-0.05, 0) is 6.42 Å². The third-order valence-corrected chi connectivity index (χ3v) is 2.33. The van der Waals surface area contributed by atoms with Crippen molar-refractivity contribution in [1.29, 1.82) is 0 Å². The second kappa shape index (κ2) is 3.90. The molecule has 12 heavy (non-hydrogen) atoms. The minimum atomic E-state index is -0.148. The summed E-state index contributed by atoms with van der Waals surface area (Å²) in [6.45, 7) is 6.61. The van der Waals surface area contributed by atoms with Crippen LogP contribution in [0.15, 0.2) is 0 Å². The summed E-state index contributed by atoms with van der Waals surface area (Å²) in [5.41, 5.74) is 0. The number of hydrogen-bond donors (Lipinski definition) is 0. The number of likely N-dealkylation sites (tertiary alicyclic amines) is 1. The molecule has 1 aliphatic heterocycles. The fraction of sp³-hybridized carbons (Fsp3) is 0.889. The molecule has 0 unspecified atom stereocenters. The first kappa shape index (κ1) is 9.52. The van der Waals surface area contributed by atoms with Crippen LogP contribution in [-0.2, 0) is 9.63 Å². The van der Waals surface area contributed by atoms with Crippen LogP contribution >= 0.6 is 0 Å². The number of quaternary nitrogens is 1. The largest absolute Gasteiger partial charge is 0.363 e. The molecule has 0 aromatic carbocycles. The van der Waals surface area contributed by atoms with Gasteiger partial charge in [0.15, 0.2) is 0 Å². The first-order chi connectivity index (χ1) is 5.68. The molecule has 0 saturated carbocycles. The minimum Gasteiger partial charge on any atom is -0.277 e. The number of hydroxylamine groups is 3. The number of carbonyl (C=O) groups excluding carboxylic acids is 1. The lowest BCUT2D eigenvalue weighted by molar-refractivity contribution is -1.08. The van der Waals surface area contributed by atoms with E-state index in [0.717, 1.165) is 26.1 Å². The Labute approximate surface area is 73.9 Å². The first-order valence-corrected chi connectivity index (χ1v) is 4.75. The molecular weight excluding hydrogens is 154 g/mol. The maximum atomic E-state index is 10.8. The molecule has 3 nitrogen and oxygen atoms in total. The molecule has 0 radical (unpaired) electrons. The van der Waals surface area contributed by atoms with Crippen molar-refractivity contribution >= 4 is 5.97 Å². The summed E-state index contributed by atoms with van der Waals surface area (Å²) in [4.78, 5) is 16.2. The predicted octanol–water partition coefficient (Wildman–Crippen LogP) is 1.49. The third kappa shape index (κ3) is 2.21. The van der Waals surface area contributed by atoms with Crippen molar-refractivity contribution in [3.63, 3.8) is 0 Å². The Morgan fingerprint density at radius 1 is 1.42 bits per heavy atom. The Kier molecular flexibility index (Phi) is 3.09. The zero-order valence-corrected chi connectivity index (χ0v) is 8.01. The minimum absolute atomic E-state index is 0.148. The van der Waals surface area contributed by atoms with E-state index in [2.05, 4.69) is 6.92 Å². The average Bonchev–Trinajstić information content (AvgIpc) is 2.36. The molecule has 1 heterocycles. The molecular formula is C9H18NO2+. The normalized spacial score (nSPS) is 20.8. The van der Waals surface area contributed by atoms with Gasteiger partial charge in [-0.3, -0.25) is 4.84 Å². The van der Waals surface area contributed by atoms with Crippen LogP contribution in [-0.4, -0.2) is 30.2 Å². The number of carbonyl (C=O) groups is 1. The van der Waals surface area contributed by atoms with E-state index in [0.29, 0.717) is 4.65 Å². The van der Waals surface area contributed by atoms with Gasteiger partial charge >= 0.3 is 5.97 Å². The highest BCUT2D eigenvalue weighted by Crippen LogP contribution is 2.20. The van der Waals surface area contributed by atoms with Crippen molar-refractivity contribution in [2.45, 2.75) is 33.1 Å². The van der Waals surface area contributed by atoms with Gasteiger partial charge in [0, 0.05) is 19.8 Å². The van der Waals surface area contributed by atoms with Crippen LogP contribution in [0.1, 0.15) is 33.1 Å². The number of nitrogens with zero attached hydrogens (tertiary/aromatic N) is 1. The number of hydrogen-bond acceptors (Lipinski definition) is 2. The van der Waals surface area contributed by atoms with E-state index in [1.807, 2.05) is 0 Å². The third-order valence-electron chi connectivity index (χ3n) is 2.33. The average molecular weight is 172 g/mol. The summed E-state index contributed by atoms with van der Waals surface area (Å²) in [7, 11) is 0. The van der Waals surface area contributed by atoms with Crippen molar-refractivity contribution < 1.29 is 14.3 Å². The summed E-state index contributed by atoms with van der Waals surface area (Å²) in [5, 5.41) is 0. The van der Waals surface area contributed by atoms with Crippen molar-refractivity contribution in [2.75, 3.05) is 19.6 Å². The highest BCUT2D eigenvalue weighted by molar-refractivity contribution is 5.65. The van der Waals surface area contributed by atoms with Gasteiger partial charge in [-0.1, -0.05) is 6.92 Å². The maximum absolute atomic E-state index is 10.8. The Balaban J connectivity index is 2.52. The van der Waals surface area contributed by atoms with E-state index >= 15 is 0 Å². The molecule has 1 rings (SSSR count). The molecule has 0 amide bonds. The van der Waals surface area contributed by atoms with Crippen LogP contribution < -0.4 is 0 Å². The van der Waals surface area contributed by atoms with Crippen LogP contribution in [0.4, 0.5) is 0 Å². The van der Waals surface area contributed by atoms with Crippen LogP contribution in [0, 0.1) is 0 Å². The number of rotatable bonds is 3. The second-order valence-electron chi connectivity index (χ2n) is 3.52. The Morgan fingerprint density at radius 2 is 2.00 bits per heavy atom. The van der Waals surface area contributed by atoms with Gasteiger partial charge in [0.2, 0.25) is 0 Å². The summed E-state index contributed by atoms with van der Waals surface area (Å²) in [6, 6.07) is 0. The Morgan fingerprint density at radius 3 is 2.42 bits per heavy atom. The quantitative estimate of drug-likeness (QED) is 0.603. The molecule has 70 valence electrons. The Bertz CT molecular complexity index is 162. The van der Waals surface area contributed by atoms with Crippen molar-refractivity contribution in [3.8, 4) is 0 Å². The SMILES string of the molecule is CCC[N+]1(OC(C)=O)CCCC1. The zero-order valence-electron chi connectivity index (χ0n) is 8.01. The van der Waals surface area contributed by atoms with Gasteiger partial charge in [0.05, 0.1) is 0 Å². The van der Waals surface area contributed by atoms with E-state index in [1.165, 1.54) is 19.8 Å². The van der Waals surface area contributed by atoms with Crippen molar-refractivity contribution in [3.05, 3.63) is 0 Å². The molecule has 0 aliphatic carbocycles. The monoisotopic (exact) mass is 172 g/mol. The molecule has 0 N–H and O–H groups in total. The Hall–Kier alpha value is -0.570. The highest BCUT2D eigenvalue weighted by atomic mass is 16.7. The topological polar surface area (TPSA) is 26.3 Å². The second-order valence-corrected chi connectivity index (χ2v) is 3.52. The van der Waals surface area contributed by atoms with Crippen molar-refractivity contribution in [1.82, 2.24) is 0 Å². The maximum Gasteiger partial charge on any atom is 0.363 e. The van der Waals surface area contributed by atoms with Gasteiger partial charge in [-0.2, -0.15) is 0 Å². The molecule has 0 aromatic rings.